The van der Waals surface area contributed by atoms with Crippen molar-refractivity contribution in [3.05, 3.63) is 59.3 Å². The maximum absolute atomic E-state index is 10.7. The third-order valence-electron chi connectivity index (χ3n) is 3.67. The molecule has 6 nitrogen and oxygen atoms in total. The van der Waals surface area contributed by atoms with Crippen molar-refractivity contribution in [3.63, 3.8) is 0 Å². The van der Waals surface area contributed by atoms with Gasteiger partial charge in [0.1, 0.15) is 11.3 Å². The number of nitrogens with zero attached hydrogens (tertiary/aromatic N) is 3. The summed E-state index contributed by atoms with van der Waals surface area (Å²) in [4.78, 5) is 18.6. The molecule has 24 heavy (non-hydrogen) atoms. The van der Waals surface area contributed by atoms with Gasteiger partial charge in [0.25, 0.3) is 0 Å². The van der Waals surface area contributed by atoms with Crippen LogP contribution in [-0.4, -0.2) is 26.2 Å². The number of carbonyl (C=O) groups is 1. The van der Waals surface area contributed by atoms with Crippen molar-refractivity contribution in [2.75, 3.05) is 5.32 Å². The van der Waals surface area contributed by atoms with E-state index in [1.165, 1.54) is 0 Å². The number of benzene rings is 2. The van der Waals surface area contributed by atoms with Gasteiger partial charge in [-0.2, -0.15) is 5.10 Å². The Balaban J connectivity index is 1.74. The van der Waals surface area contributed by atoms with E-state index in [1.54, 1.807) is 10.9 Å². The summed E-state index contributed by atoms with van der Waals surface area (Å²) in [5, 5.41) is 7.05. The number of amides is 1. The second kappa shape index (κ2) is 5.93. The van der Waals surface area contributed by atoms with Gasteiger partial charge in [-0.3, -0.25) is 4.79 Å². The molecule has 2 heterocycles. The second-order valence-electron chi connectivity index (χ2n) is 5.20. The summed E-state index contributed by atoms with van der Waals surface area (Å²) in [5.74, 6) is 0.702. The predicted molar refractivity (Wildman–Crippen MR) is 96.0 cm³/mol. The van der Waals surface area contributed by atoms with Crippen LogP contribution in [0.3, 0.4) is 0 Å². The van der Waals surface area contributed by atoms with E-state index in [4.69, 9.17) is 0 Å². The molecular weight excluding hydrogens is 370 g/mol. The lowest BCUT2D eigenvalue weighted by Gasteiger charge is -2.00. The van der Waals surface area contributed by atoms with E-state index in [0.717, 1.165) is 26.8 Å². The van der Waals surface area contributed by atoms with E-state index in [9.17, 15) is 4.79 Å². The van der Waals surface area contributed by atoms with Crippen LogP contribution in [0.5, 0.6) is 0 Å². The highest BCUT2D eigenvalue weighted by atomic mass is 79.9. The molecular formula is C17H12BrN5O. The fraction of sp³-hybridized carbons (Fsp3) is 0. The van der Waals surface area contributed by atoms with Crippen molar-refractivity contribution >= 4 is 39.1 Å². The van der Waals surface area contributed by atoms with Crippen molar-refractivity contribution in [2.45, 2.75) is 0 Å². The Labute approximate surface area is 145 Å². The number of hydrogen-bond donors (Lipinski definition) is 2. The molecule has 1 amide bonds. The van der Waals surface area contributed by atoms with Crippen LogP contribution < -0.4 is 5.32 Å². The molecule has 4 aromatic rings. The summed E-state index contributed by atoms with van der Waals surface area (Å²) in [7, 11) is 0. The fourth-order valence-corrected chi connectivity index (χ4v) is 2.79. The zero-order chi connectivity index (χ0) is 16.5. The lowest BCUT2D eigenvalue weighted by molar-refractivity contribution is -0.105. The zero-order valence-corrected chi connectivity index (χ0v) is 14.0. The number of fused-ring (bicyclic) bond motifs is 1. The van der Waals surface area contributed by atoms with Crippen LogP contribution in [0.1, 0.15) is 0 Å². The molecule has 0 saturated heterocycles. The Hall–Kier alpha value is -2.93. The van der Waals surface area contributed by atoms with Crippen molar-refractivity contribution in [1.29, 1.82) is 0 Å². The average molecular weight is 382 g/mol. The summed E-state index contributed by atoms with van der Waals surface area (Å²) >= 11 is 3.42. The summed E-state index contributed by atoms with van der Waals surface area (Å²) in [6.45, 7) is 0. The highest BCUT2D eigenvalue weighted by Crippen LogP contribution is 2.26. The molecule has 0 spiro atoms. The van der Waals surface area contributed by atoms with Gasteiger partial charge in [0, 0.05) is 10.7 Å². The topological polar surface area (TPSA) is 75.6 Å². The molecule has 4 rings (SSSR count). The predicted octanol–water partition coefficient (Wildman–Crippen LogP) is 3.75. The molecule has 2 N–H and O–H groups in total. The number of anilines is 1. The number of para-hydroxylation sites is 1. The van der Waals surface area contributed by atoms with Crippen molar-refractivity contribution < 1.29 is 4.79 Å². The molecule has 0 aliphatic heterocycles. The minimum atomic E-state index is 0.648. The van der Waals surface area contributed by atoms with E-state index >= 15 is 0 Å². The van der Waals surface area contributed by atoms with Crippen LogP contribution in [0.15, 0.2) is 59.3 Å². The lowest BCUT2D eigenvalue weighted by atomic mass is 10.3. The smallest absolute Gasteiger partial charge is 0.211 e. The monoisotopic (exact) mass is 381 g/mol. The number of H-pyrrole nitrogens is 1. The van der Waals surface area contributed by atoms with E-state index in [-0.39, 0.29) is 0 Å². The largest absolute Gasteiger partial charge is 0.338 e. The first kappa shape index (κ1) is 14.6. The normalized spacial score (nSPS) is 10.9. The Bertz CT molecular complexity index is 1020. The highest BCUT2D eigenvalue weighted by molar-refractivity contribution is 9.10. The number of imidazole rings is 1. The minimum absolute atomic E-state index is 0.648. The maximum atomic E-state index is 10.7. The lowest BCUT2D eigenvalue weighted by Crippen LogP contribution is -1.94. The Morgan fingerprint density at radius 3 is 2.79 bits per heavy atom. The Morgan fingerprint density at radius 2 is 2.00 bits per heavy atom. The maximum Gasteiger partial charge on any atom is 0.211 e. The number of aromatic nitrogens is 4. The van der Waals surface area contributed by atoms with Gasteiger partial charge in [0.2, 0.25) is 6.41 Å². The van der Waals surface area contributed by atoms with Crippen LogP contribution >= 0.6 is 15.9 Å². The Kier molecular flexibility index (Phi) is 3.62. The molecule has 0 radical (unpaired) electrons. The first-order chi connectivity index (χ1) is 11.7. The SMILES string of the molecule is O=CNc1cccc2[nH]c(-c3cnn(-c4ccc(Br)cc4)c3)nc12. The van der Waals surface area contributed by atoms with Gasteiger partial charge >= 0.3 is 0 Å². The van der Waals surface area contributed by atoms with Crippen LogP contribution in [-0.2, 0) is 4.79 Å². The van der Waals surface area contributed by atoms with E-state index in [1.807, 2.05) is 48.7 Å². The van der Waals surface area contributed by atoms with Gasteiger partial charge in [0.05, 0.1) is 28.7 Å². The minimum Gasteiger partial charge on any atom is -0.338 e. The molecule has 7 heteroatoms. The molecule has 0 aliphatic carbocycles. The number of carbonyl (C=O) groups excluding carboxylic acids is 1. The van der Waals surface area contributed by atoms with Gasteiger partial charge in [-0.15, -0.1) is 0 Å². The molecule has 0 unspecified atom stereocenters. The number of rotatable bonds is 4. The zero-order valence-electron chi connectivity index (χ0n) is 12.4. The van der Waals surface area contributed by atoms with E-state index in [0.29, 0.717) is 17.9 Å². The number of aromatic amines is 1. The molecule has 0 atom stereocenters. The summed E-state index contributed by atoms with van der Waals surface area (Å²) < 4.78 is 2.81. The molecule has 0 fully saturated rings. The first-order valence-electron chi connectivity index (χ1n) is 7.24. The molecule has 0 bridgehead atoms. The number of nitrogens with one attached hydrogen (secondary N) is 2. The second-order valence-corrected chi connectivity index (χ2v) is 6.12. The van der Waals surface area contributed by atoms with Crippen molar-refractivity contribution in [3.8, 4) is 17.1 Å². The summed E-state index contributed by atoms with van der Waals surface area (Å²) in [6.07, 6.45) is 4.31. The standard InChI is InChI=1S/C17H12BrN5O/c18-12-4-6-13(7-5-12)23-9-11(8-20-23)17-21-15-3-1-2-14(19-10-24)16(15)22-17/h1-10H,(H,19,24)(H,21,22). The van der Waals surface area contributed by atoms with Gasteiger partial charge in [0.15, 0.2) is 0 Å². The van der Waals surface area contributed by atoms with E-state index < -0.39 is 0 Å². The summed E-state index contributed by atoms with van der Waals surface area (Å²) in [6, 6.07) is 13.5. The Morgan fingerprint density at radius 1 is 1.17 bits per heavy atom. The van der Waals surface area contributed by atoms with Gasteiger partial charge in [-0.25, -0.2) is 9.67 Å². The molecule has 118 valence electrons. The first-order valence-corrected chi connectivity index (χ1v) is 8.04. The third kappa shape index (κ3) is 2.59. The van der Waals surface area contributed by atoms with E-state index in [2.05, 4.69) is 36.3 Å². The quantitative estimate of drug-likeness (QED) is 0.528. The fourth-order valence-electron chi connectivity index (χ4n) is 2.53. The summed E-state index contributed by atoms with van der Waals surface area (Å²) in [5.41, 5.74) is 4.07. The molecule has 2 aromatic heterocycles. The van der Waals surface area contributed by atoms with Crippen LogP contribution in [0, 0.1) is 0 Å². The number of hydrogen-bond acceptors (Lipinski definition) is 3. The molecule has 2 aromatic carbocycles. The van der Waals surface area contributed by atoms with Crippen LogP contribution in [0.2, 0.25) is 0 Å². The van der Waals surface area contributed by atoms with Gasteiger partial charge < -0.3 is 10.3 Å². The average Bonchev–Trinajstić information content (AvgIpc) is 3.23. The molecule has 0 aliphatic rings. The van der Waals surface area contributed by atoms with Crippen LogP contribution in [0.25, 0.3) is 28.1 Å². The number of halogens is 1. The molecule has 0 saturated carbocycles. The van der Waals surface area contributed by atoms with Crippen LogP contribution in [0.4, 0.5) is 5.69 Å². The van der Waals surface area contributed by atoms with Gasteiger partial charge in [-0.1, -0.05) is 22.0 Å². The van der Waals surface area contributed by atoms with Crippen molar-refractivity contribution in [2.24, 2.45) is 0 Å². The third-order valence-corrected chi connectivity index (χ3v) is 4.20. The van der Waals surface area contributed by atoms with Gasteiger partial charge in [-0.05, 0) is 36.4 Å². The van der Waals surface area contributed by atoms with Crippen molar-refractivity contribution in [1.82, 2.24) is 19.7 Å². The highest BCUT2D eigenvalue weighted by Gasteiger charge is 2.11.